The number of nitrogens with one attached hydrogen (secondary N) is 1. The number of nitrogens with zero attached hydrogens (tertiary/aromatic N) is 2. The first kappa shape index (κ1) is 16.2. The van der Waals surface area contributed by atoms with Crippen LogP contribution in [-0.2, 0) is 6.54 Å². The molecule has 1 aromatic rings. The van der Waals surface area contributed by atoms with E-state index in [0.717, 1.165) is 31.0 Å². The Morgan fingerprint density at radius 3 is 2.62 bits per heavy atom. The van der Waals surface area contributed by atoms with Gasteiger partial charge in [0.25, 0.3) is 0 Å². The van der Waals surface area contributed by atoms with Gasteiger partial charge >= 0.3 is 0 Å². The lowest BCUT2D eigenvalue weighted by Crippen LogP contribution is -2.39. The van der Waals surface area contributed by atoms with Gasteiger partial charge in [0.2, 0.25) is 0 Å². The van der Waals surface area contributed by atoms with E-state index in [1.807, 2.05) is 12.3 Å². The average Bonchev–Trinajstić information content (AvgIpc) is 3.25. The van der Waals surface area contributed by atoms with E-state index in [9.17, 15) is 0 Å². The number of pyridine rings is 1. The van der Waals surface area contributed by atoms with Crippen LogP contribution in [0.3, 0.4) is 0 Å². The molecular weight excluding hydrogens is 262 g/mol. The van der Waals surface area contributed by atoms with Crippen molar-refractivity contribution in [2.24, 2.45) is 0 Å². The van der Waals surface area contributed by atoms with E-state index in [4.69, 9.17) is 4.74 Å². The van der Waals surface area contributed by atoms with Gasteiger partial charge in [-0.2, -0.15) is 0 Å². The van der Waals surface area contributed by atoms with Gasteiger partial charge in [0.1, 0.15) is 12.4 Å². The topological polar surface area (TPSA) is 37.4 Å². The zero-order valence-electron chi connectivity index (χ0n) is 13.8. The van der Waals surface area contributed by atoms with Gasteiger partial charge in [0, 0.05) is 49.2 Å². The predicted molar refractivity (Wildman–Crippen MR) is 86.6 cm³/mol. The molecule has 4 heteroatoms. The molecule has 0 radical (unpaired) electrons. The number of hydrogen-bond acceptors (Lipinski definition) is 4. The van der Waals surface area contributed by atoms with Crippen molar-refractivity contribution in [2.45, 2.75) is 65.2 Å². The fraction of sp³-hybridized carbons (Fsp3) is 0.706. The summed E-state index contributed by atoms with van der Waals surface area (Å²) in [6.07, 6.45) is 6.31. The highest BCUT2D eigenvalue weighted by molar-refractivity contribution is 5.30. The van der Waals surface area contributed by atoms with Crippen LogP contribution in [0, 0.1) is 0 Å². The van der Waals surface area contributed by atoms with E-state index in [2.05, 4.69) is 42.9 Å². The maximum Gasteiger partial charge on any atom is 0.126 e. The summed E-state index contributed by atoms with van der Waals surface area (Å²) in [6.45, 7) is 11.5. The molecule has 0 bridgehead atoms. The standard InChI is InChI=1S/C17H29N3O/c1-13(2)20(14(3)4)9-10-21-17-7-8-18-11-15(17)12-19-16-5-6-16/h7-8,11,13-14,16,19H,5-6,9-10,12H2,1-4H3. The molecule has 1 saturated carbocycles. The highest BCUT2D eigenvalue weighted by atomic mass is 16.5. The van der Waals surface area contributed by atoms with Crippen LogP contribution in [0.25, 0.3) is 0 Å². The number of hydrogen-bond donors (Lipinski definition) is 1. The smallest absolute Gasteiger partial charge is 0.126 e. The molecule has 0 unspecified atom stereocenters. The third kappa shape index (κ3) is 5.29. The van der Waals surface area contributed by atoms with E-state index in [1.165, 1.54) is 12.8 Å². The lowest BCUT2D eigenvalue weighted by atomic mass is 10.2. The molecule has 1 aromatic heterocycles. The maximum atomic E-state index is 6.00. The van der Waals surface area contributed by atoms with Gasteiger partial charge in [-0.05, 0) is 46.6 Å². The van der Waals surface area contributed by atoms with Crippen molar-refractivity contribution in [3.05, 3.63) is 24.0 Å². The first-order valence-electron chi connectivity index (χ1n) is 8.12. The molecule has 0 atom stereocenters. The Hall–Kier alpha value is -1.13. The highest BCUT2D eigenvalue weighted by Crippen LogP contribution is 2.22. The first-order valence-corrected chi connectivity index (χ1v) is 8.12. The van der Waals surface area contributed by atoms with Crippen molar-refractivity contribution in [3.8, 4) is 5.75 Å². The van der Waals surface area contributed by atoms with E-state index in [0.29, 0.717) is 18.1 Å². The molecule has 0 spiro atoms. The SMILES string of the molecule is CC(C)N(CCOc1ccncc1CNC1CC1)C(C)C. The van der Waals surface area contributed by atoms with E-state index < -0.39 is 0 Å². The van der Waals surface area contributed by atoms with Gasteiger partial charge in [-0.25, -0.2) is 0 Å². The van der Waals surface area contributed by atoms with E-state index in [-0.39, 0.29) is 0 Å². The van der Waals surface area contributed by atoms with E-state index in [1.54, 1.807) is 6.20 Å². The lowest BCUT2D eigenvalue weighted by Gasteiger charge is -2.30. The van der Waals surface area contributed by atoms with Crippen molar-refractivity contribution in [3.63, 3.8) is 0 Å². The van der Waals surface area contributed by atoms with Crippen LogP contribution in [0.1, 0.15) is 46.1 Å². The third-order valence-electron chi connectivity index (χ3n) is 3.95. The summed E-state index contributed by atoms with van der Waals surface area (Å²) in [5.41, 5.74) is 1.16. The zero-order chi connectivity index (χ0) is 15.2. The fourth-order valence-electron chi connectivity index (χ4n) is 2.60. The molecule has 0 saturated heterocycles. The Balaban J connectivity index is 1.84. The van der Waals surface area contributed by atoms with Crippen molar-refractivity contribution >= 4 is 0 Å². The molecule has 1 fully saturated rings. The molecule has 21 heavy (non-hydrogen) atoms. The van der Waals surface area contributed by atoms with Crippen molar-refractivity contribution in [1.82, 2.24) is 15.2 Å². The second kappa shape index (κ2) is 7.76. The van der Waals surface area contributed by atoms with Gasteiger partial charge in [0.15, 0.2) is 0 Å². The third-order valence-corrected chi connectivity index (χ3v) is 3.95. The number of ether oxygens (including phenoxy) is 1. The molecule has 0 aromatic carbocycles. The van der Waals surface area contributed by atoms with Crippen LogP contribution < -0.4 is 10.1 Å². The molecular formula is C17H29N3O. The predicted octanol–water partition coefficient (Wildman–Crippen LogP) is 2.83. The second-order valence-corrected chi connectivity index (χ2v) is 6.41. The van der Waals surface area contributed by atoms with Gasteiger partial charge in [-0.1, -0.05) is 0 Å². The van der Waals surface area contributed by atoms with Crippen molar-refractivity contribution in [1.29, 1.82) is 0 Å². The summed E-state index contributed by atoms with van der Waals surface area (Å²) in [7, 11) is 0. The van der Waals surface area contributed by atoms with Gasteiger partial charge in [-0.3, -0.25) is 9.88 Å². The minimum atomic E-state index is 0.544. The Morgan fingerprint density at radius 1 is 1.29 bits per heavy atom. The maximum absolute atomic E-state index is 6.00. The monoisotopic (exact) mass is 291 g/mol. The summed E-state index contributed by atoms with van der Waals surface area (Å²) >= 11 is 0. The number of aromatic nitrogens is 1. The van der Waals surface area contributed by atoms with Crippen LogP contribution in [-0.4, -0.2) is 41.2 Å². The summed E-state index contributed by atoms with van der Waals surface area (Å²) in [5, 5.41) is 3.52. The Bertz CT molecular complexity index is 422. The lowest BCUT2D eigenvalue weighted by molar-refractivity contribution is 0.141. The second-order valence-electron chi connectivity index (χ2n) is 6.41. The summed E-state index contributed by atoms with van der Waals surface area (Å²) < 4.78 is 6.00. The molecule has 4 nitrogen and oxygen atoms in total. The van der Waals surface area contributed by atoms with Gasteiger partial charge < -0.3 is 10.1 Å². The molecule has 0 aliphatic heterocycles. The van der Waals surface area contributed by atoms with Crippen LogP contribution in [0.2, 0.25) is 0 Å². The van der Waals surface area contributed by atoms with Crippen LogP contribution in [0.4, 0.5) is 0 Å². The Kier molecular flexibility index (Phi) is 6.00. The van der Waals surface area contributed by atoms with Crippen LogP contribution >= 0.6 is 0 Å². The Labute approximate surface area is 128 Å². The van der Waals surface area contributed by atoms with Gasteiger partial charge in [0.05, 0.1) is 0 Å². The largest absolute Gasteiger partial charge is 0.492 e. The van der Waals surface area contributed by atoms with Crippen molar-refractivity contribution < 1.29 is 4.74 Å². The molecule has 1 N–H and O–H groups in total. The molecule has 1 heterocycles. The van der Waals surface area contributed by atoms with Crippen molar-refractivity contribution in [2.75, 3.05) is 13.2 Å². The fourth-order valence-corrected chi connectivity index (χ4v) is 2.60. The molecule has 118 valence electrons. The van der Waals surface area contributed by atoms with Crippen LogP contribution in [0.15, 0.2) is 18.5 Å². The summed E-state index contributed by atoms with van der Waals surface area (Å²) in [5.74, 6) is 0.964. The average molecular weight is 291 g/mol. The molecule has 0 amide bonds. The molecule has 1 aliphatic carbocycles. The Morgan fingerprint density at radius 2 is 2.00 bits per heavy atom. The molecule has 2 rings (SSSR count). The zero-order valence-corrected chi connectivity index (χ0v) is 13.8. The normalized spacial score (nSPS) is 15.2. The molecule has 1 aliphatic rings. The summed E-state index contributed by atoms with van der Waals surface area (Å²) in [6, 6.07) is 3.76. The van der Waals surface area contributed by atoms with E-state index >= 15 is 0 Å². The number of rotatable bonds is 9. The minimum absolute atomic E-state index is 0.544. The highest BCUT2D eigenvalue weighted by Gasteiger charge is 2.20. The van der Waals surface area contributed by atoms with Crippen LogP contribution in [0.5, 0.6) is 5.75 Å². The first-order chi connectivity index (χ1) is 10.1. The quantitative estimate of drug-likeness (QED) is 0.759. The van der Waals surface area contributed by atoms with Gasteiger partial charge in [-0.15, -0.1) is 0 Å². The minimum Gasteiger partial charge on any atom is -0.492 e. The summed E-state index contributed by atoms with van der Waals surface area (Å²) in [4.78, 5) is 6.66.